The third kappa shape index (κ3) is 21.1. The summed E-state index contributed by atoms with van der Waals surface area (Å²) in [6.07, 6.45) is 7.92. The zero-order valence-electron chi connectivity index (χ0n) is 22.3. The SMILES string of the molecule is CCCCCCCCC(=O)OCC(C)(C)C(O)C(=O)NCCCC(=O)O.NCCCC[C@H](N)C(=O)O. The number of amides is 1. The third-order valence-corrected chi connectivity index (χ3v) is 5.48. The van der Waals surface area contributed by atoms with Gasteiger partial charge in [0.1, 0.15) is 12.1 Å². The van der Waals surface area contributed by atoms with Gasteiger partial charge in [-0.05, 0) is 32.2 Å². The molecule has 8 N–H and O–H groups in total. The van der Waals surface area contributed by atoms with E-state index in [9.17, 15) is 24.3 Å². The van der Waals surface area contributed by atoms with E-state index >= 15 is 0 Å². The Morgan fingerprint density at radius 3 is 2.08 bits per heavy atom. The summed E-state index contributed by atoms with van der Waals surface area (Å²) >= 11 is 0. The maximum atomic E-state index is 11.9. The molecule has 11 heteroatoms. The standard InChI is InChI=1S/C19H35NO6.C6H14N2O2/c1-4-5-6-7-8-9-12-16(23)26-14-19(2,3)17(24)18(25)20-13-10-11-15(21)22;7-4-2-1-3-5(8)6(9)10/h17,24H,4-14H2,1-3H3,(H,20,25)(H,21,22);5H,1-4,7-8H2,(H,9,10)/t;5-/m.0/s1. The molecule has 1 amide bonds. The van der Waals surface area contributed by atoms with E-state index in [1.165, 1.54) is 19.3 Å². The second kappa shape index (κ2) is 22.0. The fraction of sp³-hybridized carbons (Fsp3) is 0.840. The summed E-state index contributed by atoms with van der Waals surface area (Å²) in [7, 11) is 0. The Morgan fingerprint density at radius 2 is 1.53 bits per heavy atom. The average Bonchev–Trinajstić information content (AvgIpc) is 2.82. The number of hydrogen-bond donors (Lipinski definition) is 6. The van der Waals surface area contributed by atoms with Gasteiger partial charge in [-0.15, -0.1) is 0 Å². The Balaban J connectivity index is 0. The lowest BCUT2D eigenvalue weighted by Crippen LogP contribution is -2.46. The zero-order valence-corrected chi connectivity index (χ0v) is 22.3. The maximum Gasteiger partial charge on any atom is 0.320 e. The lowest BCUT2D eigenvalue weighted by atomic mass is 9.87. The fourth-order valence-corrected chi connectivity index (χ4v) is 3.00. The van der Waals surface area contributed by atoms with Crippen molar-refractivity contribution >= 4 is 23.8 Å². The largest absolute Gasteiger partial charge is 0.481 e. The number of aliphatic hydroxyl groups is 1. The molecule has 0 saturated carbocycles. The first-order chi connectivity index (χ1) is 16.9. The summed E-state index contributed by atoms with van der Waals surface area (Å²) in [4.78, 5) is 44.3. The highest BCUT2D eigenvalue weighted by molar-refractivity contribution is 5.81. The van der Waals surface area contributed by atoms with Gasteiger partial charge in [0.05, 0.1) is 6.61 Å². The van der Waals surface area contributed by atoms with Gasteiger partial charge in [0, 0.05) is 24.8 Å². The van der Waals surface area contributed by atoms with Gasteiger partial charge < -0.3 is 36.8 Å². The van der Waals surface area contributed by atoms with Crippen molar-refractivity contribution in [1.82, 2.24) is 5.32 Å². The van der Waals surface area contributed by atoms with E-state index in [1.54, 1.807) is 13.8 Å². The van der Waals surface area contributed by atoms with Crippen LogP contribution in [0.3, 0.4) is 0 Å². The third-order valence-electron chi connectivity index (χ3n) is 5.48. The molecule has 0 fully saturated rings. The highest BCUT2D eigenvalue weighted by atomic mass is 16.5. The van der Waals surface area contributed by atoms with E-state index in [-0.39, 0.29) is 25.5 Å². The van der Waals surface area contributed by atoms with E-state index in [4.69, 9.17) is 26.4 Å². The van der Waals surface area contributed by atoms with Crippen LogP contribution < -0.4 is 16.8 Å². The maximum absolute atomic E-state index is 11.9. The number of hydrogen-bond acceptors (Lipinski definition) is 8. The molecule has 0 aliphatic carbocycles. The summed E-state index contributed by atoms with van der Waals surface area (Å²) in [5.74, 6) is -2.77. The summed E-state index contributed by atoms with van der Waals surface area (Å²) in [6, 6.07) is -0.716. The summed E-state index contributed by atoms with van der Waals surface area (Å²) in [5, 5.41) is 29.5. The number of carbonyl (C=O) groups is 4. The molecule has 0 saturated heterocycles. The Labute approximate surface area is 215 Å². The predicted octanol–water partition coefficient (Wildman–Crippen LogP) is 2.18. The van der Waals surface area contributed by atoms with Gasteiger partial charge >= 0.3 is 17.9 Å². The first-order valence-corrected chi connectivity index (χ1v) is 12.9. The lowest BCUT2D eigenvalue weighted by molar-refractivity contribution is -0.153. The molecular formula is C25H49N3O8. The van der Waals surface area contributed by atoms with Gasteiger partial charge in [-0.2, -0.15) is 0 Å². The number of carboxylic acid groups (broad SMARTS) is 2. The van der Waals surface area contributed by atoms with Crippen LogP contribution in [-0.2, 0) is 23.9 Å². The number of ether oxygens (including phenoxy) is 1. The van der Waals surface area contributed by atoms with Crippen molar-refractivity contribution in [2.75, 3.05) is 19.7 Å². The van der Waals surface area contributed by atoms with E-state index < -0.39 is 35.4 Å². The molecule has 0 rings (SSSR count). The number of esters is 1. The fourth-order valence-electron chi connectivity index (χ4n) is 3.00. The Morgan fingerprint density at radius 1 is 0.917 bits per heavy atom. The molecular weight excluding hydrogens is 470 g/mol. The quantitative estimate of drug-likeness (QED) is 0.102. The zero-order chi connectivity index (χ0) is 28.0. The molecule has 0 aliphatic rings. The van der Waals surface area contributed by atoms with Crippen LogP contribution in [0.4, 0.5) is 0 Å². The van der Waals surface area contributed by atoms with Crippen LogP contribution in [0.2, 0.25) is 0 Å². The van der Waals surface area contributed by atoms with Crippen molar-refractivity contribution in [3.63, 3.8) is 0 Å². The van der Waals surface area contributed by atoms with Crippen LogP contribution in [-0.4, -0.2) is 71.0 Å². The molecule has 0 aromatic carbocycles. The number of aliphatic carboxylic acids is 2. The van der Waals surface area contributed by atoms with Crippen molar-refractivity contribution in [2.24, 2.45) is 16.9 Å². The minimum Gasteiger partial charge on any atom is -0.481 e. The normalized spacial score (nSPS) is 12.6. The average molecular weight is 520 g/mol. The van der Waals surface area contributed by atoms with E-state index in [0.29, 0.717) is 25.8 Å². The van der Waals surface area contributed by atoms with Crippen LogP contribution >= 0.6 is 0 Å². The van der Waals surface area contributed by atoms with E-state index in [2.05, 4.69) is 12.2 Å². The van der Waals surface area contributed by atoms with Crippen LogP contribution in [0.5, 0.6) is 0 Å². The molecule has 212 valence electrons. The molecule has 0 aromatic rings. The second-order valence-corrected chi connectivity index (χ2v) is 9.59. The number of nitrogens with two attached hydrogens (primary N) is 2. The highest BCUT2D eigenvalue weighted by Crippen LogP contribution is 2.22. The molecule has 0 heterocycles. The molecule has 36 heavy (non-hydrogen) atoms. The Kier molecular flexibility index (Phi) is 21.9. The molecule has 1 unspecified atom stereocenters. The van der Waals surface area contributed by atoms with E-state index in [0.717, 1.165) is 32.1 Å². The monoisotopic (exact) mass is 519 g/mol. The van der Waals surface area contributed by atoms with Crippen LogP contribution in [0.25, 0.3) is 0 Å². The number of nitrogens with one attached hydrogen (secondary N) is 1. The molecule has 0 radical (unpaired) electrons. The van der Waals surface area contributed by atoms with Gasteiger partial charge in [-0.1, -0.05) is 59.3 Å². The number of carbonyl (C=O) groups excluding carboxylic acids is 2. The molecule has 0 aliphatic heterocycles. The van der Waals surface area contributed by atoms with Crippen LogP contribution in [0, 0.1) is 5.41 Å². The second-order valence-electron chi connectivity index (χ2n) is 9.59. The summed E-state index contributed by atoms with van der Waals surface area (Å²) in [6.45, 7) is 6.18. The number of unbranched alkanes of at least 4 members (excludes halogenated alkanes) is 6. The number of rotatable bonds is 20. The van der Waals surface area contributed by atoms with Gasteiger partial charge in [0.15, 0.2) is 0 Å². The highest BCUT2D eigenvalue weighted by Gasteiger charge is 2.34. The molecule has 11 nitrogen and oxygen atoms in total. The first kappa shape index (κ1) is 35.9. The van der Waals surface area contributed by atoms with Gasteiger partial charge in [-0.3, -0.25) is 19.2 Å². The summed E-state index contributed by atoms with van der Waals surface area (Å²) in [5.41, 5.74) is 9.50. The van der Waals surface area contributed by atoms with Gasteiger partial charge in [0.2, 0.25) is 5.91 Å². The minimum atomic E-state index is -1.34. The van der Waals surface area contributed by atoms with Crippen molar-refractivity contribution < 1.29 is 39.2 Å². The molecule has 0 aromatic heterocycles. The molecule has 2 atom stereocenters. The van der Waals surface area contributed by atoms with Gasteiger partial charge in [-0.25, -0.2) is 0 Å². The number of carboxylic acids is 2. The first-order valence-electron chi connectivity index (χ1n) is 12.9. The van der Waals surface area contributed by atoms with Crippen molar-refractivity contribution in [2.45, 2.75) is 110 Å². The summed E-state index contributed by atoms with van der Waals surface area (Å²) < 4.78 is 5.21. The lowest BCUT2D eigenvalue weighted by Gasteiger charge is -2.29. The van der Waals surface area contributed by atoms with Gasteiger partial charge in [0.25, 0.3) is 0 Å². The minimum absolute atomic E-state index is 0.0458. The Bertz CT molecular complexity index is 628. The smallest absolute Gasteiger partial charge is 0.320 e. The van der Waals surface area contributed by atoms with Crippen molar-refractivity contribution in [3.8, 4) is 0 Å². The molecule has 0 bridgehead atoms. The van der Waals surface area contributed by atoms with Crippen molar-refractivity contribution in [1.29, 1.82) is 0 Å². The molecule has 0 spiro atoms. The van der Waals surface area contributed by atoms with Crippen LogP contribution in [0.15, 0.2) is 0 Å². The Hall–Kier alpha value is -2.24. The topological polar surface area (TPSA) is 202 Å². The van der Waals surface area contributed by atoms with Crippen molar-refractivity contribution in [3.05, 3.63) is 0 Å². The van der Waals surface area contributed by atoms with E-state index in [1.807, 2.05) is 0 Å². The van der Waals surface area contributed by atoms with Crippen LogP contribution in [0.1, 0.15) is 97.8 Å². The number of aliphatic hydroxyl groups excluding tert-OH is 1. The predicted molar refractivity (Wildman–Crippen MR) is 137 cm³/mol.